The summed E-state index contributed by atoms with van der Waals surface area (Å²) in [6.45, 7) is 13.4. The van der Waals surface area contributed by atoms with Crippen LogP contribution in [0.5, 0.6) is 0 Å². The zero-order chi connectivity index (χ0) is 12.0. The SMILES string of the molecule is C=CC(O)C(C)C(=C)C(C)CCC(C)O. The minimum atomic E-state index is -0.522. The molecule has 0 saturated carbocycles. The van der Waals surface area contributed by atoms with E-state index in [9.17, 15) is 10.2 Å². The Kier molecular flexibility index (Phi) is 6.53. The topological polar surface area (TPSA) is 40.5 Å². The molecule has 15 heavy (non-hydrogen) atoms. The molecule has 0 aromatic heterocycles. The van der Waals surface area contributed by atoms with Crippen molar-refractivity contribution >= 4 is 0 Å². The van der Waals surface area contributed by atoms with E-state index in [4.69, 9.17) is 0 Å². The first-order valence-corrected chi connectivity index (χ1v) is 5.57. The summed E-state index contributed by atoms with van der Waals surface area (Å²) in [6.07, 6.45) is 2.44. The molecule has 2 heteroatoms. The summed E-state index contributed by atoms with van der Waals surface area (Å²) < 4.78 is 0. The summed E-state index contributed by atoms with van der Waals surface area (Å²) >= 11 is 0. The van der Waals surface area contributed by atoms with E-state index in [2.05, 4.69) is 20.1 Å². The van der Waals surface area contributed by atoms with Gasteiger partial charge < -0.3 is 10.2 Å². The van der Waals surface area contributed by atoms with Crippen molar-refractivity contribution in [2.75, 3.05) is 0 Å². The van der Waals surface area contributed by atoms with Crippen LogP contribution in [0.15, 0.2) is 24.8 Å². The molecular weight excluding hydrogens is 188 g/mol. The van der Waals surface area contributed by atoms with Gasteiger partial charge >= 0.3 is 0 Å². The number of aliphatic hydroxyl groups excluding tert-OH is 2. The highest BCUT2D eigenvalue weighted by atomic mass is 16.3. The summed E-state index contributed by atoms with van der Waals surface area (Å²) in [4.78, 5) is 0. The molecule has 0 aromatic carbocycles. The van der Waals surface area contributed by atoms with Crippen molar-refractivity contribution in [2.45, 2.75) is 45.8 Å². The largest absolute Gasteiger partial charge is 0.393 e. The Bertz CT molecular complexity index is 209. The quantitative estimate of drug-likeness (QED) is 0.637. The Labute approximate surface area is 93.3 Å². The highest BCUT2D eigenvalue weighted by molar-refractivity contribution is 5.08. The van der Waals surface area contributed by atoms with E-state index >= 15 is 0 Å². The second-order valence-electron chi connectivity index (χ2n) is 4.42. The van der Waals surface area contributed by atoms with Crippen molar-refractivity contribution in [3.63, 3.8) is 0 Å². The van der Waals surface area contributed by atoms with Crippen LogP contribution in [-0.2, 0) is 0 Å². The molecule has 0 fully saturated rings. The highest BCUT2D eigenvalue weighted by Crippen LogP contribution is 2.25. The molecule has 0 aromatic rings. The van der Waals surface area contributed by atoms with Gasteiger partial charge in [-0.05, 0) is 25.7 Å². The number of rotatable bonds is 7. The van der Waals surface area contributed by atoms with Crippen LogP contribution in [-0.4, -0.2) is 22.4 Å². The molecule has 0 aliphatic carbocycles. The van der Waals surface area contributed by atoms with Crippen LogP contribution in [0.4, 0.5) is 0 Å². The number of hydrogen-bond acceptors (Lipinski definition) is 2. The predicted octanol–water partition coefficient (Wildman–Crippen LogP) is 2.52. The van der Waals surface area contributed by atoms with E-state index in [0.29, 0.717) is 5.92 Å². The van der Waals surface area contributed by atoms with E-state index in [0.717, 1.165) is 18.4 Å². The standard InChI is InChI=1S/C13H24O2/c1-6-13(15)12(5)11(4)9(2)7-8-10(3)14/h6,9-10,12-15H,1,4,7-8H2,2-3,5H3. The normalized spacial score (nSPS) is 19.0. The second-order valence-corrected chi connectivity index (χ2v) is 4.42. The molecule has 0 spiro atoms. The molecule has 2 N–H and O–H groups in total. The predicted molar refractivity (Wildman–Crippen MR) is 64.6 cm³/mol. The van der Waals surface area contributed by atoms with Gasteiger partial charge in [0.2, 0.25) is 0 Å². The average Bonchev–Trinajstić information content (AvgIpc) is 2.22. The van der Waals surface area contributed by atoms with Gasteiger partial charge in [0.25, 0.3) is 0 Å². The van der Waals surface area contributed by atoms with Gasteiger partial charge in [0.05, 0.1) is 12.2 Å². The lowest BCUT2D eigenvalue weighted by atomic mass is 9.85. The molecule has 0 aliphatic rings. The van der Waals surface area contributed by atoms with E-state index < -0.39 is 6.10 Å². The van der Waals surface area contributed by atoms with Crippen LogP contribution in [0.1, 0.15) is 33.6 Å². The van der Waals surface area contributed by atoms with Gasteiger partial charge in [-0.15, -0.1) is 6.58 Å². The van der Waals surface area contributed by atoms with Crippen molar-refractivity contribution in [3.8, 4) is 0 Å². The molecule has 0 aliphatic heterocycles. The lowest BCUT2D eigenvalue weighted by Crippen LogP contribution is -2.20. The maximum atomic E-state index is 9.59. The fourth-order valence-electron chi connectivity index (χ4n) is 1.55. The van der Waals surface area contributed by atoms with Crippen LogP contribution < -0.4 is 0 Å². The third kappa shape index (κ3) is 5.14. The third-order valence-corrected chi connectivity index (χ3v) is 2.99. The van der Waals surface area contributed by atoms with Gasteiger partial charge in [0, 0.05) is 5.92 Å². The molecule has 0 saturated heterocycles. The molecule has 88 valence electrons. The maximum Gasteiger partial charge on any atom is 0.0780 e. The van der Waals surface area contributed by atoms with Crippen LogP contribution in [0, 0.1) is 11.8 Å². The molecular formula is C13H24O2. The van der Waals surface area contributed by atoms with Crippen molar-refractivity contribution in [1.29, 1.82) is 0 Å². The van der Waals surface area contributed by atoms with Crippen molar-refractivity contribution in [1.82, 2.24) is 0 Å². The first-order chi connectivity index (χ1) is 6.90. The fraction of sp³-hybridized carbons (Fsp3) is 0.692. The van der Waals surface area contributed by atoms with E-state index in [-0.39, 0.29) is 12.0 Å². The van der Waals surface area contributed by atoms with E-state index in [1.54, 1.807) is 6.92 Å². The summed E-state index contributed by atoms with van der Waals surface area (Å²) in [5.41, 5.74) is 1.03. The molecule has 4 unspecified atom stereocenters. The number of aliphatic hydroxyl groups is 2. The molecule has 0 amide bonds. The lowest BCUT2D eigenvalue weighted by Gasteiger charge is -2.23. The van der Waals surface area contributed by atoms with Crippen LogP contribution in [0.3, 0.4) is 0 Å². The second kappa shape index (κ2) is 6.81. The fourth-order valence-corrected chi connectivity index (χ4v) is 1.55. The molecule has 2 nitrogen and oxygen atoms in total. The number of hydrogen-bond donors (Lipinski definition) is 2. The summed E-state index contributed by atoms with van der Waals surface area (Å²) in [6, 6.07) is 0. The Morgan fingerprint density at radius 1 is 1.20 bits per heavy atom. The molecule has 0 radical (unpaired) electrons. The first kappa shape index (κ1) is 14.4. The average molecular weight is 212 g/mol. The van der Waals surface area contributed by atoms with Crippen molar-refractivity contribution in [2.24, 2.45) is 11.8 Å². The summed E-state index contributed by atoms with van der Waals surface area (Å²) in [5.74, 6) is 0.357. The van der Waals surface area contributed by atoms with Crippen LogP contribution >= 0.6 is 0 Å². The Hall–Kier alpha value is -0.600. The molecule has 0 rings (SSSR count). The molecule has 0 heterocycles. The zero-order valence-corrected chi connectivity index (χ0v) is 10.1. The monoisotopic (exact) mass is 212 g/mol. The Morgan fingerprint density at radius 2 is 1.73 bits per heavy atom. The summed E-state index contributed by atoms with van der Waals surface area (Å²) in [7, 11) is 0. The first-order valence-electron chi connectivity index (χ1n) is 5.57. The Morgan fingerprint density at radius 3 is 2.13 bits per heavy atom. The van der Waals surface area contributed by atoms with Crippen molar-refractivity contribution in [3.05, 3.63) is 24.8 Å². The van der Waals surface area contributed by atoms with Gasteiger partial charge in [-0.1, -0.05) is 32.1 Å². The lowest BCUT2D eigenvalue weighted by molar-refractivity contribution is 0.164. The smallest absolute Gasteiger partial charge is 0.0780 e. The van der Waals surface area contributed by atoms with Gasteiger partial charge in [-0.2, -0.15) is 0 Å². The van der Waals surface area contributed by atoms with Crippen LogP contribution in [0.25, 0.3) is 0 Å². The van der Waals surface area contributed by atoms with Crippen molar-refractivity contribution < 1.29 is 10.2 Å². The zero-order valence-electron chi connectivity index (χ0n) is 10.1. The summed E-state index contributed by atoms with van der Waals surface area (Å²) in [5, 5.41) is 18.8. The van der Waals surface area contributed by atoms with E-state index in [1.165, 1.54) is 6.08 Å². The molecule has 4 atom stereocenters. The maximum absolute atomic E-state index is 9.59. The highest BCUT2D eigenvalue weighted by Gasteiger charge is 2.18. The van der Waals surface area contributed by atoms with E-state index in [1.807, 2.05) is 6.92 Å². The van der Waals surface area contributed by atoms with Gasteiger partial charge in [0.15, 0.2) is 0 Å². The third-order valence-electron chi connectivity index (χ3n) is 2.99. The Balaban J connectivity index is 4.13. The minimum Gasteiger partial charge on any atom is -0.393 e. The minimum absolute atomic E-state index is 0.0338. The molecule has 0 bridgehead atoms. The van der Waals surface area contributed by atoms with Gasteiger partial charge in [-0.3, -0.25) is 0 Å². The van der Waals surface area contributed by atoms with Crippen LogP contribution in [0.2, 0.25) is 0 Å². The van der Waals surface area contributed by atoms with Gasteiger partial charge in [0.1, 0.15) is 0 Å². The van der Waals surface area contributed by atoms with Gasteiger partial charge in [-0.25, -0.2) is 0 Å².